The lowest BCUT2D eigenvalue weighted by atomic mass is 10.1. The number of aliphatic imine (C=N–C) groups is 1. The van der Waals surface area contributed by atoms with Crippen LogP contribution >= 0.6 is 24.0 Å². The van der Waals surface area contributed by atoms with Crippen molar-refractivity contribution in [3.63, 3.8) is 0 Å². The number of hydrogen-bond donors (Lipinski definition) is 2. The van der Waals surface area contributed by atoms with Crippen LogP contribution in [0.3, 0.4) is 0 Å². The summed E-state index contributed by atoms with van der Waals surface area (Å²) in [6.45, 7) is 6.95. The summed E-state index contributed by atoms with van der Waals surface area (Å²) in [4.78, 5) is 16.0. The molecule has 0 aliphatic carbocycles. The molecular formula is C19H32IN3O4. The van der Waals surface area contributed by atoms with E-state index in [4.69, 9.17) is 14.2 Å². The van der Waals surface area contributed by atoms with E-state index >= 15 is 0 Å². The van der Waals surface area contributed by atoms with Gasteiger partial charge in [-0.3, -0.25) is 4.99 Å². The fourth-order valence-corrected chi connectivity index (χ4v) is 2.20. The SMILES string of the molecule is CN=C(NCCOCCC(C)C)NCc1ccc(OC)c(C(=O)OC)c1.I. The molecule has 0 unspecified atom stereocenters. The van der Waals surface area contributed by atoms with Gasteiger partial charge < -0.3 is 24.8 Å². The van der Waals surface area contributed by atoms with Gasteiger partial charge in [-0.05, 0) is 30.0 Å². The Bertz CT molecular complexity index is 594. The van der Waals surface area contributed by atoms with E-state index in [1.165, 1.54) is 14.2 Å². The molecule has 0 bridgehead atoms. The lowest BCUT2D eigenvalue weighted by molar-refractivity contribution is 0.0597. The number of carbonyl (C=O) groups excluding carboxylic acids is 1. The predicted octanol–water partition coefficient (Wildman–Crippen LogP) is 2.83. The summed E-state index contributed by atoms with van der Waals surface area (Å²) >= 11 is 0. The van der Waals surface area contributed by atoms with Gasteiger partial charge in [0.15, 0.2) is 5.96 Å². The third kappa shape index (κ3) is 9.81. The maximum absolute atomic E-state index is 11.8. The van der Waals surface area contributed by atoms with Gasteiger partial charge in [-0.2, -0.15) is 0 Å². The zero-order valence-electron chi connectivity index (χ0n) is 16.8. The van der Waals surface area contributed by atoms with Crippen LogP contribution < -0.4 is 15.4 Å². The van der Waals surface area contributed by atoms with E-state index in [1.807, 2.05) is 6.07 Å². The summed E-state index contributed by atoms with van der Waals surface area (Å²) in [6.07, 6.45) is 1.06. The molecule has 2 N–H and O–H groups in total. The van der Waals surface area contributed by atoms with Gasteiger partial charge in [0.2, 0.25) is 0 Å². The van der Waals surface area contributed by atoms with E-state index < -0.39 is 5.97 Å². The van der Waals surface area contributed by atoms with E-state index in [9.17, 15) is 4.79 Å². The number of methoxy groups -OCH3 is 2. The summed E-state index contributed by atoms with van der Waals surface area (Å²) in [7, 11) is 4.58. The molecule has 8 heteroatoms. The fourth-order valence-electron chi connectivity index (χ4n) is 2.20. The quantitative estimate of drug-likeness (QED) is 0.172. The predicted molar refractivity (Wildman–Crippen MR) is 118 cm³/mol. The molecule has 0 saturated heterocycles. The zero-order chi connectivity index (χ0) is 19.4. The van der Waals surface area contributed by atoms with Gasteiger partial charge in [-0.25, -0.2) is 4.79 Å². The van der Waals surface area contributed by atoms with Crippen LogP contribution in [0.25, 0.3) is 0 Å². The highest BCUT2D eigenvalue weighted by atomic mass is 127. The minimum atomic E-state index is -0.426. The molecule has 0 aliphatic rings. The molecule has 0 amide bonds. The van der Waals surface area contributed by atoms with Crippen molar-refractivity contribution in [2.24, 2.45) is 10.9 Å². The summed E-state index contributed by atoms with van der Waals surface area (Å²) in [6, 6.07) is 5.39. The third-order valence-corrected chi connectivity index (χ3v) is 3.73. The molecule has 1 aromatic carbocycles. The first-order valence-corrected chi connectivity index (χ1v) is 8.79. The minimum absolute atomic E-state index is 0. The van der Waals surface area contributed by atoms with E-state index in [2.05, 4.69) is 29.5 Å². The van der Waals surface area contributed by atoms with Crippen molar-refractivity contribution in [2.75, 3.05) is 41.0 Å². The monoisotopic (exact) mass is 493 g/mol. The Balaban J connectivity index is 0.00000676. The van der Waals surface area contributed by atoms with Crippen LogP contribution in [-0.2, 0) is 16.0 Å². The number of nitrogens with one attached hydrogen (secondary N) is 2. The van der Waals surface area contributed by atoms with Crippen LogP contribution in [0.15, 0.2) is 23.2 Å². The second-order valence-corrected chi connectivity index (χ2v) is 6.17. The molecule has 0 radical (unpaired) electrons. The van der Waals surface area contributed by atoms with Crippen molar-refractivity contribution in [1.82, 2.24) is 10.6 Å². The maximum atomic E-state index is 11.8. The average Bonchev–Trinajstić information content (AvgIpc) is 2.65. The molecule has 0 aromatic heterocycles. The first kappa shape index (κ1) is 25.4. The topological polar surface area (TPSA) is 81.2 Å². The zero-order valence-corrected chi connectivity index (χ0v) is 19.2. The van der Waals surface area contributed by atoms with E-state index in [0.717, 1.165) is 18.6 Å². The Morgan fingerprint density at radius 3 is 2.52 bits per heavy atom. The van der Waals surface area contributed by atoms with Gasteiger partial charge in [0.05, 0.1) is 20.8 Å². The Kier molecular flexibility index (Phi) is 13.7. The van der Waals surface area contributed by atoms with Crippen LogP contribution in [0.4, 0.5) is 0 Å². The summed E-state index contributed by atoms with van der Waals surface area (Å²) in [5.41, 5.74) is 1.32. The summed E-state index contributed by atoms with van der Waals surface area (Å²) in [5, 5.41) is 6.40. The van der Waals surface area contributed by atoms with Crippen molar-refractivity contribution in [3.05, 3.63) is 29.3 Å². The molecule has 27 heavy (non-hydrogen) atoms. The van der Waals surface area contributed by atoms with Crippen LogP contribution in [0.1, 0.15) is 36.2 Å². The van der Waals surface area contributed by atoms with E-state index in [0.29, 0.717) is 42.9 Å². The van der Waals surface area contributed by atoms with Crippen LogP contribution in [0.2, 0.25) is 0 Å². The first-order valence-electron chi connectivity index (χ1n) is 8.79. The van der Waals surface area contributed by atoms with Crippen molar-refractivity contribution in [1.29, 1.82) is 0 Å². The second-order valence-electron chi connectivity index (χ2n) is 6.17. The molecule has 0 aliphatic heterocycles. The van der Waals surface area contributed by atoms with Gasteiger partial charge in [0.25, 0.3) is 0 Å². The molecule has 0 saturated carbocycles. The fraction of sp³-hybridized carbons (Fsp3) is 0.579. The highest BCUT2D eigenvalue weighted by Gasteiger charge is 2.13. The molecule has 154 valence electrons. The van der Waals surface area contributed by atoms with E-state index in [1.54, 1.807) is 19.2 Å². The second kappa shape index (κ2) is 14.5. The van der Waals surface area contributed by atoms with Crippen molar-refractivity contribution in [3.8, 4) is 5.75 Å². The van der Waals surface area contributed by atoms with Gasteiger partial charge in [0, 0.05) is 26.7 Å². The number of rotatable bonds is 10. The number of benzene rings is 1. The number of hydrogen-bond acceptors (Lipinski definition) is 5. The van der Waals surface area contributed by atoms with Crippen molar-refractivity contribution >= 4 is 35.9 Å². The average molecular weight is 493 g/mol. The van der Waals surface area contributed by atoms with Gasteiger partial charge in [-0.1, -0.05) is 19.9 Å². The van der Waals surface area contributed by atoms with Crippen molar-refractivity contribution < 1.29 is 19.0 Å². The van der Waals surface area contributed by atoms with Crippen LogP contribution in [0, 0.1) is 5.92 Å². The number of esters is 1. The third-order valence-electron chi connectivity index (χ3n) is 3.73. The maximum Gasteiger partial charge on any atom is 0.341 e. The normalized spacial score (nSPS) is 11.0. The molecule has 0 spiro atoms. The number of ether oxygens (including phenoxy) is 3. The number of nitrogens with zero attached hydrogens (tertiary/aromatic N) is 1. The Hall–Kier alpha value is -1.55. The minimum Gasteiger partial charge on any atom is -0.496 e. The standard InChI is InChI=1S/C19H31N3O4.HI/c1-14(2)8-10-26-11-9-21-19(20-3)22-13-15-6-7-17(24-4)16(12-15)18(23)25-5;/h6-7,12,14H,8-11,13H2,1-5H3,(H2,20,21,22);1H. The Morgan fingerprint density at radius 2 is 1.93 bits per heavy atom. The van der Waals surface area contributed by atoms with Gasteiger partial charge in [0.1, 0.15) is 11.3 Å². The van der Waals surface area contributed by atoms with Gasteiger partial charge >= 0.3 is 5.97 Å². The summed E-state index contributed by atoms with van der Waals surface area (Å²) < 4.78 is 15.6. The lowest BCUT2D eigenvalue weighted by Gasteiger charge is -2.14. The lowest BCUT2D eigenvalue weighted by Crippen LogP contribution is -2.38. The number of guanidine groups is 1. The Labute approximate surface area is 179 Å². The molecule has 0 atom stereocenters. The highest BCUT2D eigenvalue weighted by molar-refractivity contribution is 14.0. The Morgan fingerprint density at radius 1 is 1.19 bits per heavy atom. The van der Waals surface area contributed by atoms with Crippen molar-refractivity contribution in [2.45, 2.75) is 26.8 Å². The molecule has 7 nitrogen and oxygen atoms in total. The largest absolute Gasteiger partial charge is 0.496 e. The first-order chi connectivity index (χ1) is 12.5. The number of halogens is 1. The molecule has 1 rings (SSSR count). The molecule has 0 fully saturated rings. The van der Waals surface area contributed by atoms with E-state index in [-0.39, 0.29) is 24.0 Å². The van der Waals surface area contributed by atoms with Crippen LogP contribution in [-0.4, -0.2) is 53.0 Å². The molecule has 1 aromatic rings. The van der Waals surface area contributed by atoms with Crippen LogP contribution in [0.5, 0.6) is 5.75 Å². The molecular weight excluding hydrogens is 461 g/mol. The smallest absolute Gasteiger partial charge is 0.341 e. The molecule has 0 heterocycles. The summed E-state index contributed by atoms with van der Waals surface area (Å²) in [5.74, 6) is 1.39. The number of carbonyl (C=O) groups is 1. The van der Waals surface area contributed by atoms with Gasteiger partial charge in [-0.15, -0.1) is 24.0 Å². The highest BCUT2D eigenvalue weighted by Crippen LogP contribution is 2.20.